The van der Waals surface area contributed by atoms with E-state index in [0.29, 0.717) is 18.0 Å². The number of ether oxygens (including phenoxy) is 1. The van der Waals surface area contributed by atoms with E-state index in [1.54, 1.807) is 12.1 Å². The Labute approximate surface area is 107 Å². The first-order chi connectivity index (χ1) is 8.69. The maximum Gasteiger partial charge on any atom is 0.303 e. The maximum atomic E-state index is 10.5. The van der Waals surface area contributed by atoms with Crippen molar-refractivity contribution in [3.05, 3.63) is 23.2 Å². The lowest BCUT2D eigenvalue weighted by Crippen LogP contribution is -1.97. The summed E-state index contributed by atoms with van der Waals surface area (Å²) < 4.78 is 4.92. The van der Waals surface area contributed by atoms with Gasteiger partial charge in [-0.15, -0.1) is 21.5 Å². The Balaban J connectivity index is 2.10. The number of hydrogen-bond acceptors (Lipinski definition) is 6. The molecule has 0 amide bonds. The third-order valence-corrected chi connectivity index (χ3v) is 3.13. The summed E-state index contributed by atoms with van der Waals surface area (Å²) in [5.74, 6) is -0.379. The van der Waals surface area contributed by atoms with Gasteiger partial charge in [-0.2, -0.15) is 0 Å². The van der Waals surface area contributed by atoms with Crippen molar-refractivity contribution < 1.29 is 14.6 Å². The Kier molecular flexibility index (Phi) is 3.83. The summed E-state index contributed by atoms with van der Waals surface area (Å²) in [5, 5.41) is 19.0. The average Bonchev–Trinajstić information content (AvgIpc) is 2.85. The predicted molar refractivity (Wildman–Crippen MR) is 65.6 cm³/mol. The molecule has 0 saturated carbocycles. The van der Waals surface area contributed by atoms with Crippen LogP contribution in [-0.2, 0) is 11.2 Å². The lowest BCUT2D eigenvalue weighted by molar-refractivity contribution is -0.136. The second-order valence-electron chi connectivity index (χ2n) is 3.50. The number of rotatable bonds is 5. The largest absolute Gasteiger partial charge is 0.481 e. The first-order valence-electron chi connectivity index (χ1n) is 5.23. The Morgan fingerprint density at radius 1 is 1.44 bits per heavy atom. The number of carboxylic acid groups (broad SMARTS) is 1. The van der Waals surface area contributed by atoms with E-state index in [2.05, 4.69) is 15.2 Å². The van der Waals surface area contributed by atoms with Crippen LogP contribution in [0.4, 0.5) is 0 Å². The molecule has 0 fully saturated rings. The van der Waals surface area contributed by atoms with Gasteiger partial charge in [-0.25, -0.2) is 4.98 Å². The molecule has 0 aliphatic carbocycles. The van der Waals surface area contributed by atoms with E-state index in [9.17, 15) is 4.79 Å². The molecular weight excluding hydrogens is 254 g/mol. The van der Waals surface area contributed by atoms with Gasteiger partial charge >= 0.3 is 5.97 Å². The predicted octanol–water partition coefficient (Wildman–Crippen LogP) is 1.63. The van der Waals surface area contributed by atoms with Gasteiger partial charge in [0.25, 0.3) is 0 Å². The second-order valence-corrected chi connectivity index (χ2v) is 4.36. The van der Waals surface area contributed by atoms with Gasteiger partial charge < -0.3 is 9.84 Å². The quantitative estimate of drug-likeness (QED) is 0.884. The van der Waals surface area contributed by atoms with Crippen molar-refractivity contribution in [2.75, 3.05) is 7.11 Å². The highest BCUT2D eigenvalue weighted by molar-refractivity contribution is 7.13. The van der Waals surface area contributed by atoms with Crippen LogP contribution >= 0.6 is 11.3 Å². The molecule has 2 rings (SSSR count). The molecule has 94 valence electrons. The number of aryl methyl sites for hydroxylation is 1. The van der Waals surface area contributed by atoms with Crippen molar-refractivity contribution in [3.63, 3.8) is 0 Å². The summed E-state index contributed by atoms with van der Waals surface area (Å²) in [6.07, 6.45) is 0.507. The Bertz CT molecular complexity index is 539. The molecule has 0 saturated heterocycles. The van der Waals surface area contributed by atoms with Gasteiger partial charge in [-0.05, 0) is 6.07 Å². The van der Waals surface area contributed by atoms with Crippen molar-refractivity contribution in [3.8, 4) is 16.6 Å². The standard InChI is InChI=1S/C11H11N3O3S/c1-17-9-4-3-8(13-14-9)11-12-7(6-18-11)2-5-10(15)16/h3-4,6H,2,5H2,1H3,(H,15,16). The molecule has 0 bridgehead atoms. The molecule has 2 aromatic heterocycles. The van der Waals surface area contributed by atoms with E-state index in [1.165, 1.54) is 18.4 Å². The summed E-state index contributed by atoms with van der Waals surface area (Å²) in [5.41, 5.74) is 1.41. The molecule has 18 heavy (non-hydrogen) atoms. The second kappa shape index (κ2) is 5.54. The first-order valence-corrected chi connectivity index (χ1v) is 6.11. The summed E-state index contributed by atoms with van der Waals surface area (Å²) >= 11 is 1.42. The zero-order chi connectivity index (χ0) is 13.0. The van der Waals surface area contributed by atoms with Crippen molar-refractivity contribution in [1.82, 2.24) is 15.2 Å². The number of aromatic nitrogens is 3. The topological polar surface area (TPSA) is 85.2 Å². The molecule has 0 aromatic carbocycles. The molecular formula is C11H11N3O3S. The molecule has 2 heterocycles. The number of hydrogen-bond donors (Lipinski definition) is 1. The molecule has 0 aliphatic heterocycles. The monoisotopic (exact) mass is 265 g/mol. The van der Waals surface area contributed by atoms with E-state index in [4.69, 9.17) is 9.84 Å². The molecule has 6 nitrogen and oxygen atoms in total. The maximum absolute atomic E-state index is 10.5. The molecule has 2 aromatic rings. The van der Waals surface area contributed by atoms with Gasteiger partial charge in [-0.1, -0.05) is 0 Å². The summed E-state index contributed by atoms with van der Waals surface area (Å²) in [6, 6.07) is 3.48. The van der Waals surface area contributed by atoms with Gasteiger partial charge in [0, 0.05) is 17.9 Å². The Hall–Kier alpha value is -2.02. The van der Waals surface area contributed by atoms with Crippen molar-refractivity contribution in [2.24, 2.45) is 0 Å². The number of carboxylic acids is 1. The number of carbonyl (C=O) groups is 1. The zero-order valence-electron chi connectivity index (χ0n) is 9.66. The van der Waals surface area contributed by atoms with E-state index < -0.39 is 5.97 Å². The highest BCUT2D eigenvalue weighted by Crippen LogP contribution is 2.22. The average molecular weight is 265 g/mol. The fraction of sp³-hybridized carbons (Fsp3) is 0.273. The van der Waals surface area contributed by atoms with Gasteiger partial charge in [-0.3, -0.25) is 4.79 Å². The van der Waals surface area contributed by atoms with Crippen LogP contribution in [-0.4, -0.2) is 33.4 Å². The molecule has 0 atom stereocenters. The molecule has 7 heteroatoms. The number of nitrogens with zero attached hydrogens (tertiary/aromatic N) is 3. The number of thiazole rings is 1. The number of aliphatic carboxylic acids is 1. The molecule has 0 unspecified atom stereocenters. The van der Waals surface area contributed by atoms with Crippen molar-refractivity contribution in [1.29, 1.82) is 0 Å². The highest BCUT2D eigenvalue weighted by Gasteiger charge is 2.08. The SMILES string of the molecule is COc1ccc(-c2nc(CCC(=O)O)cs2)nn1. The van der Waals surface area contributed by atoms with E-state index in [-0.39, 0.29) is 6.42 Å². The van der Waals surface area contributed by atoms with Crippen LogP contribution in [0.2, 0.25) is 0 Å². The van der Waals surface area contributed by atoms with Crippen LogP contribution in [0.1, 0.15) is 12.1 Å². The van der Waals surface area contributed by atoms with Crippen LogP contribution in [0, 0.1) is 0 Å². The van der Waals surface area contributed by atoms with Gasteiger partial charge in [0.2, 0.25) is 5.88 Å². The van der Waals surface area contributed by atoms with Crippen molar-refractivity contribution in [2.45, 2.75) is 12.8 Å². The van der Waals surface area contributed by atoms with Crippen LogP contribution in [0.25, 0.3) is 10.7 Å². The first kappa shape index (κ1) is 12.4. The minimum absolute atomic E-state index is 0.0808. The minimum Gasteiger partial charge on any atom is -0.481 e. The third-order valence-electron chi connectivity index (χ3n) is 2.22. The normalized spacial score (nSPS) is 10.3. The van der Waals surface area contributed by atoms with E-state index in [1.807, 2.05) is 5.38 Å². The molecule has 0 spiro atoms. The summed E-state index contributed by atoms with van der Waals surface area (Å²) in [6.45, 7) is 0. The van der Waals surface area contributed by atoms with Crippen LogP contribution < -0.4 is 4.74 Å². The highest BCUT2D eigenvalue weighted by atomic mass is 32.1. The van der Waals surface area contributed by atoms with Crippen LogP contribution in [0.5, 0.6) is 5.88 Å². The third kappa shape index (κ3) is 3.01. The fourth-order valence-corrected chi connectivity index (χ4v) is 2.14. The molecule has 0 radical (unpaired) electrons. The zero-order valence-corrected chi connectivity index (χ0v) is 10.5. The van der Waals surface area contributed by atoms with Crippen molar-refractivity contribution >= 4 is 17.3 Å². The van der Waals surface area contributed by atoms with Gasteiger partial charge in [0.05, 0.1) is 19.2 Å². The van der Waals surface area contributed by atoms with Crippen LogP contribution in [0.15, 0.2) is 17.5 Å². The minimum atomic E-state index is -0.825. The van der Waals surface area contributed by atoms with Gasteiger partial charge in [0.15, 0.2) is 0 Å². The molecule has 1 N–H and O–H groups in total. The van der Waals surface area contributed by atoms with E-state index >= 15 is 0 Å². The number of methoxy groups -OCH3 is 1. The fourth-order valence-electron chi connectivity index (χ4n) is 1.32. The lowest BCUT2D eigenvalue weighted by atomic mass is 10.2. The summed E-state index contributed by atoms with van der Waals surface area (Å²) in [4.78, 5) is 14.8. The van der Waals surface area contributed by atoms with E-state index in [0.717, 1.165) is 10.7 Å². The lowest BCUT2D eigenvalue weighted by Gasteiger charge is -1.97. The summed E-state index contributed by atoms with van der Waals surface area (Å²) in [7, 11) is 1.52. The Morgan fingerprint density at radius 2 is 2.28 bits per heavy atom. The van der Waals surface area contributed by atoms with Gasteiger partial charge in [0.1, 0.15) is 10.7 Å². The smallest absolute Gasteiger partial charge is 0.303 e. The van der Waals surface area contributed by atoms with Crippen LogP contribution in [0.3, 0.4) is 0 Å². The molecule has 0 aliphatic rings. The Morgan fingerprint density at radius 3 is 2.89 bits per heavy atom.